The molecule has 2 N–H and O–H groups in total. The molecule has 2 fully saturated rings. The summed E-state index contributed by atoms with van der Waals surface area (Å²) >= 11 is 0. The molecule has 0 radical (unpaired) electrons. The average molecular weight is 705 g/mol. The van der Waals surface area contributed by atoms with Crippen molar-refractivity contribution in [1.82, 2.24) is 10.6 Å². The lowest BCUT2D eigenvalue weighted by molar-refractivity contribution is -0.123. The van der Waals surface area contributed by atoms with Crippen LogP contribution in [0.5, 0.6) is 0 Å². The highest BCUT2D eigenvalue weighted by Crippen LogP contribution is 2.34. The number of rotatable bonds is 8. The minimum atomic E-state index is -4.45. The van der Waals surface area contributed by atoms with Gasteiger partial charge in [0.1, 0.15) is 0 Å². The van der Waals surface area contributed by atoms with Crippen LogP contribution >= 0.6 is 0 Å². The summed E-state index contributed by atoms with van der Waals surface area (Å²) in [5.41, 5.74) is -0.898. The third-order valence-electron chi connectivity index (χ3n) is 9.02. The number of carbonyl (C=O) groups is 6. The molecule has 17 heteroatoms. The molecule has 248 valence electrons. The van der Waals surface area contributed by atoms with Crippen molar-refractivity contribution in [1.29, 1.82) is 0 Å². The van der Waals surface area contributed by atoms with E-state index in [1.165, 1.54) is 0 Å². The molecule has 2 aromatic carbocycles. The first kappa shape index (κ1) is 32.8. The Morgan fingerprint density at radius 1 is 0.617 bits per heavy atom. The van der Waals surface area contributed by atoms with Crippen molar-refractivity contribution in [2.45, 2.75) is 22.6 Å². The van der Waals surface area contributed by atoms with E-state index in [2.05, 4.69) is 10.6 Å². The highest BCUT2D eigenvalue weighted by Gasteiger charge is 2.46. The molecular weight excluding hydrogens is 677 g/mol. The Balaban J connectivity index is 1.17. The van der Waals surface area contributed by atoms with Crippen molar-refractivity contribution in [3.63, 3.8) is 0 Å². The molecule has 2 heterocycles. The van der Waals surface area contributed by atoms with Gasteiger partial charge in [-0.3, -0.25) is 28.8 Å². The molecule has 2 aliphatic carbocycles. The van der Waals surface area contributed by atoms with Gasteiger partial charge in [0.2, 0.25) is 21.7 Å². The highest BCUT2D eigenvalue weighted by molar-refractivity contribution is 7.92. The van der Waals surface area contributed by atoms with E-state index < -0.39 is 86.1 Å². The van der Waals surface area contributed by atoms with Gasteiger partial charge in [0.15, 0.2) is 54.6 Å². The van der Waals surface area contributed by atoms with Crippen LogP contribution in [0.4, 0.5) is 0 Å². The smallest absolute Gasteiger partial charge is 0.238 e. The fourth-order valence-corrected chi connectivity index (χ4v) is 11.5. The Bertz CT molecular complexity index is 1990. The van der Waals surface area contributed by atoms with E-state index in [0.29, 0.717) is 12.8 Å². The zero-order chi connectivity index (χ0) is 34.1. The van der Waals surface area contributed by atoms with Crippen LogP contribution in [0, 0.1) is 23.7 Å². The van der Waals surface area contributed by atoms with Crippen LogP contribution < -0.4 is 10.6 Å². The molecule has 4 atom stereocenters. The van der Waals surface area contributed by atoms with E-state index in [4.69, 9.17) is 0 Å². The lowest BCUT2D eigenvalue weighted by Gasteiger charge is -2.12. The molecule has 4 aliphatic rings. The van der Waals surface area contributed by atoms with Gasteiger partial charge >= 0.3 is 0 Å². The van der Waals surface area contributed by atoms with Crippen LogP contribution in [0.25, 0.3) is 0 Å². The van der Waals surface area contributed by atoms with Gasteiger partial charge in [-0.05, 0) is 61.1 Å². The first-order valence-corrected chi connectivity index (χ1v) is 19.8. The Kier molecular flexibility index (Phi) is 8.07. The van der Waals surface area contributed by atoms with E-state index >= 15 is 0 Å². The van der Waals surface area contributed by atoms with E-state index in [1.54, 1.807) is 0 Å². The Hall–Kier alpha value is -4.09. The lowest BCUT2D eigenvalue weighted by Crippen LogP contribution is -2.39. The second-order valence-corrected chi connectivity index (χ2v) is 18.7. The Labute approximate surface area is 269 Å². The molecule has 0 aromatic heterocycles. The summed E-state index contributed by atoms with van der Waals surface area (Å²) in [5.74, 6) is -9.82. The van der Waals surface area contributed by atoms with Crippen molar-refractivity contribution < 1.29 is 54.0 Å². The topological polar surface area (TPSA) is 229 Å². The summed E-state index contributed by atoms with van der Waals surface area (Å²) in [7, 11) is -10.9. The molecule has 2 amide bonds. The number of ketones is 4. The normalized spacial score (nSPS) is 25.9. The number of hydrogen-bond donors (Lipinski definition) is 2. The van der Waals surface area contributed by atoms with Gasteiger partial charge < -0.3 is 10.6 Å². The van der Waals surface area contributed by atoms with Crippen LogP contribution in [0.1, 0.15) is 54.3 Å². The average Bonchev–Trinajstić information content (AvgIpc) is 3.70. The first-order valence-electron chi connectivity index (χ1n) is 14.7. The van der Waals surface area contributed by atoms with E-state index in [1.807, 2.05) is 0 Å². The number of carbonyl (C=O) groups excluding carboxylic acids is 6. The molecule has 14 nitrogen and oxygen atoms in total. The summed E-state index contributed by atoms with van der Waals surface area (Å²) in [6.07, 6.45) is 0.670. The van der Waals surface area contributed by atoms with Gasteiger partial charge in [0.05, 0.1) is 32.8 Å². The Morgan fingerprint density at radius 3 is 1.32 bits per heavy atom. The summed E-state index contributed by atoms with van der Waals surface area (Å²) in [6, 6.07) is 6.28. The van der Waals surface area contributed by atoms with Crippen molar-refractivity contribution in [2.75, 3.05) is 36.1 Å². The molecule has 0 saturated carbocycles. The second kappa shape index (κ2) is 11.6. The van der Waals surface area contributed by atoms with Gasteiger partial charge in [0, 0.05) is 35.3 Å². The highest BCUT2D eigenvalue weighted by atomic mass is 32.2. The number of Topliss-reactive ketones (excluding diaryl/α,β-unsaturated/α-hetero) is 4. The van der Waals surface area contributed by atoms with Crippen molar-refractivity contribution in [3.8, 4) is 0 Å². The van der Waals surface area contributed by atoms with Gasteiger partial charge in [0.25, 0.3) is 0 Å². The Morgan fingerprint density at radius 2 is 0.979 bits per heavy atom. The largest absolute Gasteiger partial charge is 0.355 e. The lowest BCUT2D eigenvalue weighted by atomic mass is 10.0. The molecule has 2 aromatic rings. The first-order chi connectivity index (χ1) is 22.0. The third-order valence-corrected chi connectivity index (χ3v) is 14.4. The number of nitrogens with one attached hydrogen (secondary N) is 2. The van der Waals surface area contributed by atoms with Crippen LogP contribution in [-0.2, 0) is 39.1 Å². The monoisotopic (exact) mass is 704 g/mol. The molecule has 6 rings (SSSR count). The minimum Gasteiger partial charge on any atom is -0.355 e. The molecule has 0 bridgehead atoms. The predicted molar refractivity (Wildman–Crippen MR) is 162 cm³/mol. The van der Waals surface area contributed by atoms with Crippen LogP contribution in [0.2, 0.25) is 0 Å². The maximum Gasteiger partial charge on any atom is 0.238 e. The van der Waals surface area contributed by atoms with Gasteiger partial charge in [-0.1, -0.05) is 0 Å². The fraction of sp³-hybridized carbons (Fsp3) is 0.400. The predicted octanol–water partition coefficient (Wildman–Crippen LogP) is -0.388. The third kappa shape index (κ3) is 5.95. The van der Waals surface area contributed by atoms with E-state index in [9.17, 15) is 54.0 Å². The fourth-order valence-electron chi connectivity index (χ4n) is 6.45. The van der Waals surface area contributed by atoms with Crippen LogP contribution in [0.15, 0.2) is 46.2 Å². The summed E-state index contributed by atoms with van der Waals surface area (Å²) in [6.45, 7) is -0.0873. The van der Waals surface area contributed by atoms with E-state index in [-0.39, 0.29) is 70.2 Å². The van der Waals surface area contributed by atoms with E-state index in [0.717, 1.165) is 36.4 Å². The summed E-state index contributed by atoms with van der Waals surface area (Å²) in [4.78, 5) is 76.9. The molecule has 2 saturated heterocycles. The van der Waals surface area contributed by atoms with Gasteiger partial charge in [-0.15, -0.1) is 0 Å². The van der Waals surface area contributed by atoms with Crippen molar-refractivity contribution in [2.24, 2.45) is 23.7 Å². The molecule has 0 spiro atoms. The van der Waals surface area contributed by atoms with Crippen LogP contribution in [-0.4, -0.2) is 96.3 Å². The number of fused-ring (bicyclic) bond motifs is 2. The molecule has 4 unspecified atom stereocenters. The number of hydrogen-bond acceptors (Lipinski definition) is 12. The summed E-state index contributed by atoms with van der Waals surface area (Å²) < 4.78 is 73.9. The standard InChI is InChI=1S/C30H28N2O12S3/c33-25-19-3-1-17(9-21(19)27(35)23(25)29(37)31-11-15-5-7-45(39,40)13-15)47(43,44)18-2-4-20-22(10-18)28(36)24(26(20)34)30(38)32-12-16-6-8-46(41,42)14-16/h1-4,9-10,15-16,23-24H,5-8,11-14H2,(H,31,37)(H,32,38). The van der Waals surface area contributed by atoms with Gasteiger partial charge in [-0.2, -0.15) is 0 Å². The zero-order valence-corrected chi connectivity index (χ0v) is 27.0. The number of amides is 2. The molecule has 47 heavy (non-hydrogen) atoms. The maximum absolute atomic E-state index is 13.6. The zero-order valence-electron chi connectivity index (χ0n) is 24.6. The minimum absolute atomic E-state index is 0.0155. The summed E-state index contributed by atoms with van der Waals surface area (Å²) in [5, 5.41) is 4.93. The number of sulfone groups is 3. The van der Waals surface area contributed by atoms with Gasteiger partial charge in [-0.25, -0.2) is 25.3 Å². The number of benzene rings is 2. The second-order valence-electron chi connectivity index (χ2n) is 12.3. The quantitative estimate of drug-likeness (QED) is 0.335. The van der Waals surface area contributed by atoms with Crippen molar-refractivity contribution in [3.05, 3.63) is 58.7 Å². The van der Waals surface area contributed by atoms with Crippen molar-refractivity contribution >= 4 is 64.5 Å². The van der Waals surface area contributed by atoms with Crippen LogP contribution in [0.3, 0.4) is 0 Å². The molecular formula is C30H28N2O12S3. The SMILES string of the molecule is O=C(NCC1CCS(=O)(=O)C1)C1C(=O)c2ccc(S(=O)(=O)c3ccc4c(c3)C(=O)C(C(=O)NCC3CCS(=O)(=O)C3)C4=O)cc2C1=O. The maximum atomic E-state index is 13.6. The molecule has 2 aliphatic heterocycles.